The van der Waals surface area contributed by atoms with Gasteiger partial charge in [-0.05, 0) is 24.6 Å². The van der Waals surface area contributed by atoms with E-state index in [1.807, 2.05) is 26.1 Å². The number of aromatic nitrogens is 1. The van der Waals surface area contributed by atoms with E-state index in [1.54, 1.807) is 13.3 Å². The first kappa shape index (κ1) is 10.5. The molecule has 0 unspecified atom stereocenters. The Balaban J connectivity index is 2.87. The Labute approximate surface area is 94.4 Å². The highest BCUT2D eigenvalue weighted by molar-refractivity contribution is 6.00. The summed E-state index contributed by atoms with van der Waals surface area (Å²) in [6, 6.07) is 4.01. The van der Waals surface area contributed by atoms with Crippen molar-refractivity contribution in [2.75, 3.05) is 25.2 Å². The minimum atomic E-state index is 0.641. The Bertz CT molecular complexity index is 537. The lowest BCUT2D eigenvalue weighted by molar-refractivity contribution is 0.418. The summed E-state index contributed by atoms with van der Waals surface area (Å²) in [5.74, 6) is 0.770. The monoisotopic (exact) mass is 217 g/mol. The Morgan fingerprint density at radius 1 is 1.38 bits per heavy atom. The summed E-state index contributed by atoms with van der Waals surface area (Å²) in [6.07, 6.45) is 1.64. The quantitative estimate of drug-likeness (QED) is 0.809. The van der Waals surface area contributed by atoms with Gasteiger partial charge in [0, 0.05) is 12.4 Å². The molecule has 84 valence electrons. The molecule has 2 aromatic rings. The molecule has 4 nitrogen and oxygen atoms in total. The standard InChI is InChI=1S/C12H15N3O/c1-7-4-8-11(14-2)9(13)6-15-12(8)10(5-7)16-3/h4-6H,13H2,1-3H3,(H,14,15). The van der Waals surface area contributed by atoms with E-state index in [1.165, 1.54) is 0 Å². The van der Waals surface area contributed by atoms with Crippen molar-refractivity contribution >= 4 is 22.3 Å². The van der Waals surface area contributed by atoms with Crippen LogP contribution in [0.1, 0.15) is 5.56 Å². The van der Waals surface area contributed by atoms with Crippen LogP contribution in [0.5, 0.6) is 5.75 Å². The molecule has 3 N–H and O–H groups in total. The van der Waals surface area contributed by atoms with Crippen molar-refractivity contribution in [3.05, 3.63) is 23.9 Å². The molecular weight excluding hydrogens is 202 g/mol. The van der Waals surface area contributed by atoms with Crippen LogP contribution in [-0.2, 0) is 0 Å². The van der Waals surface area contributed by atoms with Gasteiger partial charge in [0.1, 0.15) is 11.3 Å². The van der Waals surface area contributed by atoms with Crippen LogP contribution >= 0.6 is 0 Å². The fourth-order valence-electron chi connectivity index (χ4n) is 1.86. The van der Waals surface area contributed by atoms with Crippen LogP contribution < -0.4 is 15.8 Å². The molecule has 0 radical (unpaired) electrons. The fourth-order valence-corrected chi connectivity index (χ4v) is 1.86. The van der Waals surface area contributed by atoms with Gasteiger partial charge in [-0.1, -0.05) is 0 Å². The van der Waals surface area contributed by atoms with E-state index in [0.717, 1.165) is 27.9 Å². The summed E-state index contributed by atoms with van der Waals surface area (Å²) >= 11 is 0. The van der Waals surface area contributed by atoms with Crippen molar-refractivity contribution in [1.82, 2.24) is 4.98 Å². The molecule has 0 bridgehead atoms. The number of aryl methyl sites for hydroxylation is 1. The number of rotatable bonds is 2. The highest BCUT2D eigenvalue weighted by Crippen LogP contribution is 2.33. The maximum atomic E-state index is 5.87. The second kappa shape index (κ2) is 3.89. The lowest BCUT2D eigenvalue weighted by Gasteiger charge is -2.12. The molecule has 0 amide bonds. The largest absolute Gasteiger partial charge is 0.494 e. The van der Waals surface area contributed by atoms with Gasteiger partial charge >= 0.3 is 0 Å². The molecule has 0 atom stereocenters. The first-order valence-electron chi connectivity index (χ1n) is 5.08. The first-order valence-corrected chi connectivity index (χ1v) is 5.08. The summed E-state index contributed by atoms with van der Waals surface area (Å²) < 4.78 is 5.32. The molecule has 0 aliphatic carbocycles. The van der Waals surface area contributed by atoms with Crippen LogP contribution in [-0.4, -0.2) is 19.1 Å². The van der Waals surface area contributed by atoms with E-state index in [-0.39, 0.29) is 0 Å². The number of methoxy groups -OCH3 is 1. The Kier molecular flexibility index (Phi) is 2.56. The summed E-state index contributed by atoms with van der Waals surface area (Å²) in [5, 5.41) is 4.08. The number of nitrogens with zero attached hydrogens (tertiary/aromatic N) is 1. The van der Waals surface area contributed by atoms with Gasteiger partial charge in [-0.15, -0.1) is 0 Å². The molecule has 0 aliphatic heterocycles. The third-order valence-corrected chi connectivity index (χ3v) is 2.58. The van der Waals surface area contributed by atoms with Crippen molar-refractivity contribution in [2.45, 2.75) is 6.92 Å². The van der Waals surface area contributed by atoms with Crippen LogP contribution in [0, 0.1) is 6.92 Å². The van der Waals surface area contributed by atoms with Crippen molar-refractivity contribution in [3.8, 4) is 5.75 Å². The van der Waals surface area contributed by atoms with Gasteiger partial charge in [-0.25, -0.2) is 0 Å². The second-order valence-electron chi connectivity index (χ2n) is 3.70. The van der Waals surface area contributed by atoms with Crippen LogP contribution in [0.15, 0.2) is 18.3 Å². The fraction of sp³-hybridized carbons (Fsp3) is 0.250. The number of ether oxygens (including phenoxy) is 1. The van der Waals surface area contributed by atoms with Gasteiger partial charge in [0.05, 0.1) is 24.7 Å². The van der Waals surface area contributed by atoms with E-state index >= 15 is 0 Å². The molecule has 1 aromatic heterocycles. The van der Waals surface area contributed by atoms with E-state index in [0.29, 0.717) is 5.69 Å². The molecule has 0 fully saturated rings. The number of pyridine rings is 1. The third kappa shape index (κ3) is 1.52. The average Bonchev–Trinajstić information content (AvgIpc) is 2.27. The Morgan fingerprint density at radius 3 is 2.75 bits per heavy atom. The zero-order valence-corrected chi connectivity index (χ0v) is 9.66. The smallest absolute Gasteiger partial charge is 0.145 e. The Morgan fingerprint density at radius 2 is 2.12 bits per heavy atom. The number of fused-ring (bicyclic) bond motifs is 1. The number of nitrogens with two attached hydrogens (primary N) is 1. The van der Waals surface area contributed by atoms with Gasteiger partial charge in [0.15, 0.2) is 0 Å². The van der Waals surface area contributed by atoms with Crippen molar-refractivity contribution in [2.24, 2.45) is 0 Å². The maximum absolute atomic E-state index is 5.87. The van der Waals surface area contributed by atoms with E-state index in [9.17, 15) is 0 Å². The van der Waals surface area contributed by atoms with E-state index < -0.39 is 0 Å². The molecule has 2 rings (SSSR count). The minimum absolute atomic E-state index is 0.641. The highest BCUT2D eigenvalue weighted by atomic mass is 16.5. The molecule has 1 heterocycles. The minimum Gasteiger partial charge on any atom is -0.494 e. The number of nitrogen functional groups attached to an aromatic ring is 1. The molecule has 0 aliphatic rings. The zero-order chi connectivity index (χ0) is 11.7. The molecule has 16 heavy (non-hydrogen) atoms. The average molecular weight is 217 g/mol. The first-order chi connectivity index (χ1) is 7.67. The predicted molar refractivity (Wildman–Crippen MR) is 67.0 cm³/mol. The molecule has 0 spiro atoms. The summed E-state index contributed by atoms with van der Waals surface area (Å²) in [5.41, 5.74) is 9.35. The third-order valence-electron chi connectivity index (χ3n) is 2.58. The molecule has 1 aromatic carbocycles. The molecule has 4 heteroatoms. The van der Waals surface area contributed by atoms with Gasteiger partial charge in [0.2, 0.25) is 0 Å². The highest BCUT2D eigenvalue weighted by Gasteiger charge is 2.10. The predicted octanol–water partition coefficient (Wildman–Crippen LogP) is 2.18. The van der Waals surface area contributed by atoms with Gasteiger partial charge in [-0.3, -0.25) is 4.98 Å². The number of anilines is 2. The summed E-state index contributed by atoms with van der Waals surface area (Å²) in [7, 11) is 3.49. The van der Waals surface area contributed by atoms with E-state index in [4.69, 9.17) is 10.5 Å². The second-order valence-corrected chi connectivity index (χ2v) is 3.70. The van der Waals surface area contributed by atoms with Gasteiger partial charge in [0.25, 0.3) is 0 Å². The SMILES string of the molecule is CNc1c(N)cnc2c(OC)cc(C)cc12. The number of benzene rings is 1. The molecular formula is C12H15N3O. The van der Waals surface area contributed by atoms with Crippen LogP contribution in [0.2, 0.25) is 0 Å². The number of hydrogen-bond acceptors (Lipinski definition) is 4. The molecule has 0 saturated carbocycles. The van der Waals surface area contributed by atoms with Crippen LogP contribution in [0.25, 0.3) is 10.9 Å². The Hall–Kier alpha value is -1.97. The van der Waals surface area contributed by atoms with Crippen molar-refractivity contribution in [3.63, 3.8) is 0 Å². The summed E-state index contributed by atoms with van der Waals surface area (Å²) in [4.78, 5) is 4.31. The van der Waals surface area contributed by atoms with Gasteiger partial charge in [-0.2, -0.15) is 0 Å². The lowest BCUT2D eigenvalue weighted by atomic mass is 10.1. The van der Waals surface area contributed by atoms with Crippen molar-refractivity contribution < 1.29 is 4.74 Å². The normalized spacial score (nSPS) is 10.4. The van der Waals surface area contributed by atoms with Gasteiger partial charge < -0.3 is 15.8 Å². The maximum Gasteiger partial charge on any atom is 0.145 e. The molecule has 0 saturated heterocycles. The van der Waals surface area contributed by atoms with E-state index in [2.05, 4.69) is 10.3 Å². The zero-order valence-electron chi connectivity index (χ0n) is 9.66. The van der Waals surface area contributed by atoms with Crippen LogP contribution in [0.3, 0.4) is 0 Å². The summed E-state index contributed by atoms with van der Waals surface area (Å²) in [6.45, 7) is 2.02. The van der Waals surface area contributed by atoms with Crippen LogP contribution in [0.4, 0.5) is 11.4 Å². The number of nitrogens with one attached hydrogen (secondary N) is 1. The lowest BCUT2D eigenvalue weighted by Crippen LogP contribution is -1.99. The number of hydrogen-bond donors (Lipinski definition) is 2. The van der Waals surface area contributed by atoms with Crippen molar-refractivity contribution in [1.29, 1.82) is 0 Å². The topological polar surface area (TPSA) is 60.2 Å².